The molecular weight excluding hydrogens is 346 g/mol. The van der Waals surface area contributed by atoms with E-state index in [1.54, 1.807) is 24.3 Å². The molecule has 1 fully saturated rings. The van der Waals surface area contributed by atoms with Crippen LogP contribution in [0.4, 0.5) is 11.6 Å². The minimum Gasteiger partial charge on any atom is -0.463 e. The van der Waals surface area contributed by atoms with Gasteiger partial charge in [-0.3, -0.25) is 29.9 Å². The average molecular weight is 357 g/mol. The number of hydrogen-bond acceptors (Lipinski definition) is 7. The molecule has 1 aromatic carbocycles. The molecule has 0 saturated carbocycles. The molecule has 0 spiro atoms. The first kappa shape index (κ1) is 16.9. The zero-order valence-corrected chi connectivity index (χ0v) is 13.1. The molecule has 2 heterocycles. The summed E-state index contributed by atoms with van der Waals surface area (Å²) >= 11 is 0. The molecule has 0 unspecified atom stereocenters. The van der Waals surface area contributed by atoms with Crippen molar-refractivity contribution in [3.05, 3.63) is 63.4 Å². The molecule has 1 aromatic heterocycles. The van der Waals surface area contributed by atoms with Gasteiger partial charge in [-0.2, -0.15) is 0 Å². The SMILES string of the molecule is O=COCc1ccc(N2NC(=O)/C(=C/c3ccc([N+](=O)[O-])o3)C2=O)cc1. The summed E-state index contributed by atoms with van der Waals surface area (Å²) < 4.78 is 9.56. The van der Waals surface area contributed by atoms with Gasteiger partial charge in [-0.25, -0.2) is 5.01 Å². The van der Waals surface area contributed by atoms with Gasteiger partial charge in [0.15, 0.2) is 0 Å². The van der Waals surface area contributed by atoms with Gasteiger partial charge in [0, 0.05) is 0 Å². The first-order valence-corrected chi connectivity index (χ1v) is 7.25. The van der Waals surface area contributed by atoms with Crippen LogP contribution in [-0.2, 0) is 25.7 Å². The van der Waals surface area contributed by atoms with Gasteiger partial charge < -0.3 is 9.15 Å². The van der Waals surface area contributed by atoms with Crippen molar-refractivity contribution in [3.8, 4) is 0 Å². The highest BCUT2D eigenvalue weighted by Gasteiger charge is 2.34. The Labute approximate surface area is 145 Å². The van der Waals surface area contributed by atoms with Crippen LogP contribution in [0.25, 0.3) is 6.08 Å². The molecule has 1 aliphatic rings. The Morgan fingerprint density at radius 3 is 2.54 bits per heavy atom. The van der Waals surface area contributed by atoms with Gasteiger partial charge in [0.1, 0.15) is 22.9 Å². The van der Waals surface area contributed by atoms with Crippen molar-refractivity contribution in [2.24, 2.45) is 0 Å². The van der Waals surface area contributed by atoms with E-state index in [0.717, 1.165) is 17.2 Å². The minimum atomic E-state index is -0.721. The van der Waals surface area contributed by atoms with Gasteiger partial charge in [0.05, 0.1) is 11.8 Å². The lowest BCUT2D eigenvalue weighted by Gasteiger charge is -2.14. The molecule has 10 nitrogen and oxygen atoms in total. The number of furan rings is 1. The van der Waals surface area contributed by atoms with E-state index in [1.165, 1.54) is 6.07 Å². The van der Waals surface area contributed by atoms with E-state index in [-0.39, 0.29) is 17.9 Å². The van der Waals surface area contributed by atoms with Crippen molar-refractivity contribution in [1.82, 2.24) is 5.43 Å². The summed E-state index contributed by atoms with van der Waals surface area (Å²) in [5, 5.41) is 11.7. The summed E-state index contributed by atoms with van der Waals surface area (Å²) in [7, 11) is 0. The van der Waals surface area contributed by atoms with E-state index in [4.69, 9.17) is 4.42 Å². The fraction of sp³-hybridized carbons (Fsp3) is 0.0625. The number of hydrogen-bond donors (Lipinski definition) is 1. The molecular formula is C16H11N3O7. The van der Waals surface area contributed by atoms with Crippen molar-refractivity contribution < 1.29 is 28.5 Å². The van der Waals surface area contributed by atoms with Crippen LogP contribution in [0, 0.1) is 10.1 Å². The molecule has 0 aliphatic carbocycles. The molecule has 2 aromatic rings. The van der Waals surface area contributed by atoms with Crippen molar-refractivity contribution in [2.45, 2.75) is 6.61 Å². The third-order valence-electron chi connectivity index (χ3n) is 3.48. The Balaban J connectivity index is 1.80. The highest BCUT2D eigenvalue weighted by Crippen LogP contribution is 2.24. The number of hydrazine groups is 1. The summed E-state index contributed by atoms with van der Waals surface area (Å²) in [6.07, 6.45) is 1.14. The molecule has 1 saturated heterocycles. The van der Waals surface area contributed by atoms with Crippen molar-refractivity contribution >= 4 is 35.9 Å². The Morgan fingerprint density at radius 2 is 1.92 bits per heavy atom. The predicted octanol–water partition coefficient (Wildman–Crippen LogP) is 1.32. The largest absolute Gasteiger partial charge is 0.463 e. The fourth-order valence-electron chi connectivity index (χ4n) is 2.27. The maximum absolute atomic E-state index is 12.4. The van der Waals surface area contributed by atoms with E-state index in [9.17, 15) is 24.5 Å². The Kier molecular flexibility index (Phi) is 4.48. The Hall–Kier alpha value is -3.95. The monoisotopic (exact) mass is 357 g/mol. The smallest absolute Gasteiger partial charge is 0.433 e. The van der Waals surface area contributed by atoms with Gasteiger partial charge >= 0.3 is 5.88 Å². The lowest BCUT2D eigenvalue weighted by Crippen LogP contribution is -2.35. The maximum Gasteiger partial charge on any atom is 0.433 e. The van der Waals surface area contributed by atoms with Crippen LogP contribution in [0.1, 0.15) is 11.3 Å². The maximum atomic E-state index is 12.4. The van der Waals surface area contributed by atoms with Crippen LogP contribution < -0.4 is 10.4 Å². The van der Waals surface area contributed by atoms with Crippen molar-refractivity contribution in [1.29, 1.82) is 0 Å². The van der Waals surface area contributed by atoms with Gasteiger partial charge in [-0.1, -0.05) is 12.1 Å². The average Bonchev–Trinajstić information content (AvgIpc) is 3.21. The Morgan fingerprint density at radius 1 is 1.19 bits per heavy atom. The number of ether oxygens (including phenoxy) is 1. The second kappa shape index (κ2) is 6.89. The molecule has 1 N–H and O–H groups in total. The number of benzene rings is 1. The normalized spacial score (nSPS) is 15.2. The zero-order valence-electron chi connectivity index (χ0n) is 13.1. The third kappa shape index (κ3) is 3.29. The fourth-order valence-corrected chi connectivity index (χ4v) is 2.27. The second-order valence-corrected chi connectivity index (χ2v) is 5.15. The lowest BCUT2D eigenvalue weighted by molar-refractivity contribution is -0.402. The van der Waals surface area contributed by atoms with Gasteiger partial charge in [-0.05, 0) is 29.8 Å². The standard InChI is InChI=1S/C16H11N3O7/c20-9-25-8-10-1-3-11(4-2-10)18-16(22)13(15(21)17-18)7-12-5-6-14(26-12)19(23)24/h1-7,9H,8H2,(H,17,21)/b13-7-. The summed E-state index contributed by atoms with van der Waals surface area (Å²) in [6.45, 7) is 0.417. The van der Waals surface area contributed by atoms with Gasteiger partial charge in [0.2, 0.25) is 0 Å². The number of carbonyl (C=O) groups excluding carboxylic acids is 3. The van der Waals surface area contributed by atoms with E-state index < -0.39 is 22.6 Å². The molecule has 26 heavy (non-hydrogen) atoms. The number of carbonyl (C=O) groups is 3. The second-order valence-electron chi connectivity index (χ2n) is 5.15. The quantitative estimate of drug-likeness (QED) is 0.271. The van der Waals surface area contributed by atoms with Crippen molar-refractivity contribution in [3.63, 3.8) is 0 Å². The summed E-state index contributed by atoms with van der Waals surface area (Å²) in [6, 6.07) is 8.83. The number of nitro groups is 1. The lowest BCUT2D eigenvalue weighted by atomic mass is 10.2. The van der Waals surface area contributed by atoms with E-state index in [0.29, 0.717) is 17.7 Å². The highest BCUT2D eigenvalue weighted by molar-refractivity contribution is 6.31. The summed E-state index contributed by atoms with van der Waals surface area (Å²) in [4.78, 5) is 44.6. The van der Waals surface area contributed by atoms with Crippen molar-refractivity contribution in [2.75, 3.05) is 5.01 Å². The number of anilines is 1. The van der Waals surface area contributed by atoms with E-state index in [1.807, 2.05) is 0 Å². The Bertz CT molecular complexity index is 914. The van der Waals surface area contributed by atoms with Crippen LogP contribution in [0.15, 0.2) is 46.4 Å². The molecule has 3 rings (SSSR count). The van der Waals surface area contributed by atoms with Gasteiger partial charge in [0.25, 0.3) is 18.3 Å². The zero-order chi connectivity index (χ0) is 18.7. The van der Waals surface area contributed by atoms with Crippen LogP contribution in [0.3, 0.4) is 0 Å². The summed E-state index contributed by atoms with van der Waals surface area (Å²) in [5.74, 6) is -1.78. The first-order chi connectivity index (χ1) is 12.5. The first-order valence-electron chi connectivity index (χ1n) is 7.25. The molecule has 132 valence electrons. The molecule has 0 atom stereocenters. The predicted molar refractivity (Wildman–Crippen MR) is 86.3 cm³/mol. The summed E-state index contributed by atoms with van der Waals surface area (Å²) in [5.41, 5.74) is 3.28. The van der Waals surface area contributed by atoms with E-state index in [2.05, 4.69) is 10.2 Å². The van der Waals surface area contributed by atoms with Crippen LogP contribution in [0.5, 0.6) is 0 Å². The minimum absolute atomic E-state index is 0.0124. The molecule has 1 aliphatic heterocycles. The number of amides is 2. The molecule has 2 amide bonds. The highest BCUT2D eigenvalue weighted by atomic mass is 16.6. The van der Waals surface area contributed by atoms with Crippen LogP contribution in [-0.4, -0.2) is 23.2 Å². The van der Waals surface area contributed by atoms with E-state index >= 15 is 0 Å². The third-order valence-corrected chi connectivity index (χ3v) is 3.48. The van der Waals surface area contributed by atoms with Gasteiger partial charge in [-0.15, -0.1) is 0 Å². The molecule has 10 heteroatoms. The number of nitrogens with zero attached hydrogens (tertiary/aromatic N) is 2. The topological polar surface area (TPSA) is 132 Å². The van der Waals surface area contributed by atoms with Crippen LogP contribution >= 0.6 is 0 Å². The van der Waals surface area contributed by atoms with Crippen LogP contribution in [0.2, 0.25) is 0 Å². The number of rotatable bonds is 6. The molecule has 0 radical (unpaired) electrons. The molecule has 0 bridgehead atoms. The number of nitrogens with one attached hydrogen (secondary N) is 1.